The second-order valence-electron chi connectivity index (χ2n) is 5.19. The number of nitrogens with one attached hydrogen (secondary N) is 2. The lowest BCUT2D eigenvalue weighted by atomic mass is 10.2. The molecule has 2 atom stereocenters. The summed E-state index contributed by atoms with van der Waals surface area (Å²) in [6, 6.07) is -0.496. The molecule has 0 aliphatic heterocycles. The number of hydrogen-bond donors (Lipinski definition) is 2. The molecule has 0 aliphatic carbocycles. The average Bonchev–Trinajstić information content (AvgIpc) is 2.14. The Morgan fingerprint density at radius 3 is 2.12 bits per heavy atom. The summed E-state index contributed by atoms with van der Waals surface area (Å²) in [4.78, 5) is 23.0. The van der Waals surface area contributed by atoms with Gasteiger partial charge >= 0.3 is 6.09 Å². The normalized spacial score (nSPS) is 14.7. The van der Waals surface area contributed by atoms with E-state index in [4.69, 9.17) is 4.74 Å². The largest absolute Gasteiger partial charge is 0.444 e. The van der Waals surface area contributed by atoms with Crippen molar-refractivity contribution < 1.29 is 14.3 Å². The van der Waals surface area contributed by atoms with Gasteiger partial charge in [-0.05, 0) is 41.0 Å². The third kappa shape index (κ3) is 7.60. The Hall–Kier alpha value is -1.26. The minimum absolute atomic E-state index is 0.102. The molecule has 0 aromatic rings. The second-order valence-corrected chi connectivity index (χ2v) is 5.19. The van der Waals surface area contributed by atoms with Crippen LogP contribution in [0.2, 0.25) is 0 Å². The van der Waals surface area contributed by atoms with E-state index in [2.05, 4.69) is 10.6 Å². The van der Waals surface area contributed by atoms with E-state index in [1.165, 1.54) is 0 Å². The minimum atomic E-state index is -0.598. The topological polar surface area (TPSA) is 67.4 Å². The van der Waals surface area contributed by atoms with Gasteiger partial charge < -0.3 is 15.4 Å². The summed E-state index contributed by atoms with van der Waals surface area (Å²) in [7, 11) is 0. The van der Waals surface area contributed by atoms with E-state index < -0.39 is 17.7 Å². The fourth-order valence-corrected chi connectivity index (χ4v) is 1.02. The number of amides is 2. The molecule has 0 saturated heterocycles. The first-order valence-corrected chi connectivity index (χ1v) is 5.95. The van der Waals surface area contributed by atoms with Crippen LogP contribution >= 0.6 is 0 Å². The third-order valence-corrected chi connectivity index (χ3v) is 2.13. The van der Waals surface area contributed by atoms with E-state index in [0.29, 0.717) is 0 Å². The van der Waals surface area contributed by atoms with Gasteiger partial charge in [0, 0.05) is 6.04 Å². The van der Waals surface area contributed by atoms with Crippen LogP contribution in [0.25, 0.3) is 0 Å². The Balaban J connectivity index is 4.12. The van der Waals surface area contributed by atoms with Gasteiger partial charge in [0.25, 0.3) is 0 Å². The maximum atomic E-state index is 11.6. The molecule has 0 aliphatic rings. The quantitative estimate of drug-likeness (QED) is 0.792. The zero-order valence-corrected chi connectivity index (χ0v) is 11.6. The van der Waals surface area contributed by atoms with E-state index >= 15 is 0 Å². The lowest BCUT2D eigenvalue weighted by molar-refractivity contribution is -0.123. The molecule has 0 spiro atoms. The number of hydrogen-bond acceptors (Lipinski definition) is 3. The van der Waals surface area contributed by atoms with Crippen molar-refractivity contribution in [3.63, 3.8) is 0 Å². The zero-order chi connectivity index (χ0) is 13.6. The lowest BCUT2D eigenvalue weighted by Gasteiger charge is -2.22. The molecule has 0 aromatic heterocycles. The fourth-order valence-electron chi connectivity index (χ4n) is 1.02. The first-order chi connectivity index (χ1) is 7.65. The molecule has 0 saturated carbocycles. The van der Waals surface area contributed by atoms with Gasteiger partial charge in [0.2, 0.25) is 5.91 Å². The smallest absolute Gasteiger partial charge is 0.408 e. The Kier molecular flexibility index (Phi) is 5.99. The van der Waals surface area contributed by atoms with E-state index in [1.807, 2.05) is 13.8 Å². The molecule has 0 fully saturated rings. The summed E-state index contributed by atoms with van der Waals surface area (Å²) in [5.74, 6) is -0.204. The van der Waals surface area contributed by atoms with Crippen LogP contribution in [-0.4, -0.2) is 29.7 Å². The van der Waals surface area contributed by atoms with Crippen molar-refractivity contribution in [1.82, 2.24) is 10.6 Å². The van der Waals surface area contributed by atoms with Crippen molar-refractivity contribution in [3.05, 3.63) is 0 Å². The Morgan fingerprint density at radius 1 is 1.18 bits per heavy atom. The lowest BCUT2D eigenvalue weighted by Crippen LogP contribution is -2.48. The molecule has 0 radical (unpaired) electrons. The standard InChI is InChI=1S/C12H24N2O3/c1-7-8(2)13-10(15)9(3)14-11(16)17-12(4,5)6/h8-9H,7H2,1-6H3,(H,13,15)(H,14,16). The highest BCUT2D eigenvalue weighted by molar-refractivity contribution is 5.85. The summed E-state index contributed by atoms with van der Waals surface area (Å²) in [6.45, 7) is 10.8. The van der Waals surface area contributed by atoms with Crippen LogP contribution in [0.1, 0.15) is 48.0 Å². The Morgan fingerprint density at radius 2 is 1.71 bits per heavy atom. The van der Waals surface area contributed by atoms with Crippen LogP contribution < -0.4 is 10.6 Å². The van der Waals surface area contributed by atoms with Crippen LogP contribution in [0, 0.1) is 0 Å². The van der Waals surface area contributed by atoms with Crippen LogP contribution in [0.5, 0.6) is 0 Å². The third-order valence-electron chi connectivity index (χ3n) is 2.13. The number of ether oxygens (including phenoxy) is 1. The number of carbonyl (C=O) groups excluding carboxylic acids is 2. The van der Waals surface area contributed by atoms with Gasteiger partial charge in [-0.1, -0.05) is 6.92 Å². The van der Waals surface area contributed by atoms with E-state index in [0.717, 1.165) is 6.42 Å². The Bertz CT molecular complexity index is 271. The maximum absolute atomic E-state index is 11.6. The molecule has 0 aromatic carbocycles. The molecule has 2 N–H and O–H groups in total. The molecule has 2 amide bonds. The molecule has 2 unspecified atom stereocenters. The minimum Gasteiger partial charge on any atom is -0.444 e. The molecule has 0 heterocycles. The van der Waals surface area contributed by atoms with Crippen LogP contribution in [0.4, 0.5) is 4.79 Å². The highest BCUT2D eigenvalue weighted by Gasteiger charge is 2.21. The first kappa shape index (κ1) is 15.7. The van der Waals surface area contributed by atoms with Gasteiger partial charge in [-0.3, -0.25) is 4.79 Å². The SMILES string of the molecule is CCC(C)NC(=O)C(C)NC(=O)OC(C)(C)C. The van der Waals surface area contributed by atoms with Crippen LogP contribution in [0.3, 0.4) is 0 Å². The van der Waals surface area contributed by atoms with Gasteiger partial charge in [0.05, 0.1) is 0 Å². The molecule has 0 bridgehead atoms. The summed E-state index contributed by atoms with van der Waals surface area (Å²) < 4.78 is 5.06. The molecule has 0 rings (SSSR count). The highest BCUT2D eigenvalue weighted by atomic mass is 16.6. The van der Waals surface area contributed by atoms with Gasteiger partial charge in [-0.2, -0.15) is 0 Å². The van der Waals surface area contributed by atoms with Crippen molar-refractivity contribution in [1.29, 1.82) is 0 Å². The second kappa shape index (κ2) is 6.47. The van der Waals surface area contributed by atoms with Crippen LogP contribution in [-0.2, 0) is 9.53 Å². The first-order valence-electron chi connectivity index (χ1n) is 5.95. The van der Waals surface area contributed by atoms with Crippen molar-refractivity contribution in [2.45, 2.75) is 65.6 Å². The average molecular weight is 244 g/mol. The van der Waals surface area contributed by atoms with E-state index in [9.17, 15) is 9.59 Å². The predicted molar refractivity (Wildman–Crippen MR) is 66.7 cm³/mol. The van der Waals surface area contributed by atoms with Crippen LogP contribution in [0.15, 0.2) is 0 Å². The van der Waals surface area contributed by atoms with E-state index in [-0.39, 0.29) is 11.9 Å². The van der Waals surface area contributed by atoms with Crippen molar-refractivity contribution in [2.24, 2.45) is 0 Å². The van der Waals surface area contributed by atoms with Gasteiger partial charge in [-0.15, -0.1) is 0 Å². The number of alkyl carbamates (subject to hydrolysis) is 1. The molecule has 17 heavy (non-hydrogen) atoms. The zero-order valence-electron chi connectivity index (χ0n) is 11.6. The van der Waals surface area contributed by atoms with Gasteiger partial charge in [-0.25, -0.2) is 4.79 Å². The summed E-state index contributed by atoms with van der Waals surface area (Å²) in [5.41, 5.74) is -0.559. The van der Waals surface area contributed by atoms with Gasteiger partial charge in [0.1, 0.15) is 11.6 Å². The number of rotatable bonds is 4. The molecular formula is C12H24N2O3. The maximum Gasteiger partial charge on any atom is 0.408 e. The van der Waals surface area contributed by atoms with Crippen molar-refractivity contribution in [2.75, 3.05) is 0 Å². The molecule has 100 valence electrons. The van der Waals surface area contributed by atoms with Gasteiger partial charge in [0.15, 0.2) is 0 Å². The van der Waals surface area contributed by atoms with Crippen molar-refractivity contribution in [3.8, 4) is 0 Å². The van der Waals surface area contributed by atoms with E-state index in [1.54, 1.807) is 27.7 Å². The Labute approximate surface area is 103 Å². The summed E-state index contributed by atoms with van der Waals surface area (Å²) in [5, 5.41) is 5.28. The number of carbonyl (C=O) groups is 2. The monoisotopic (exact) mass is 244 g/mol. The summed E-state index contributed by atoms with van der Waals surface area (Å²) in [6.07, 6.45) is 0.273. The van der Waals surface area contributed by atoms with Crippen molar-refractivity contribution >= 4 is 12.0 Å². The summed E-state index contributed by atoms with van der Waals surface area (Å²) >= 11 is 0. The molecular weight excluding hydrogens is 220 g/mol. The molecule has 5 nitrogen and oxygen atoms in total. The fraction of sp³-hybridized carbons (Fsp3) is 0.833. The predicted octanol–water partition coefficient (Wildman–Crippen LogP) is 1.81. The molecule has 5 heteroatoms. The highest BCUT2D eigenvalue weighted by Crippen LogP contribution is 2.06.